The monoisotopic (exact) mass is 250 g/mol. The molecule has 1 heterocycles. The van der Waals surface area contributed by atoms with E-state index < -0.39 is 5.91 Å². The van der Waals surface area contributed by atoms with Crippen LogP contribution >= 0.6 is 0 Å². The van der Waals surface area contributed by atoms with Crippen molar-refractivity contribution in [2.24, 2.45) is 5.73 Å². The maximum atomic E-state index is 10.9. The van der Waals surface area contributed by atoms with Crippen LogP contribution in [0.1, 0.15) is 23.2 Å². The molecular weight excluding hydrogens is 236 g/mol. The van der Waals surface area contributed by atoms with Crippen LogP contribution in [0.4, 0.5) is 11.8 Å². The Morgan fingerprint density at radius 2 is 2.17 bits per heavy atom. The quantitative estimate of drug-likeness (QED) is 0.487. The van der Waals surface area contributed by atoms with Gasteiger partial charge in [-0.05, 0) is 12.8 Å². The standard InChI is InChI=1S/C10H14N6O2/c11-8-7(9(12)18)3-13-10(16-8)15-6-1-5(2-6)14-4-17/h3-6H,1-2H2,(H2,12,18)(H,14,17)(H3,11,13,15,16). The molecule has 1 aliphatic carbocycles. The number of amides is 2. The van der Waals surface area contributed by atoms with Crippen molar-refractivity contribution < 1.29 is 9.59 Å². The summed E-state index contributed by atoms with van der Waals surface area (Å²) in [4.78, 5) is 29.1. The highest BCUT2D eigenvalue weighted by molar-refractivity contribution is 5.96. The molecule has 8 nitrogen and oxygen atoms in total. The highest BCUT2D eigenvalue weighted by Gasteiger charge is 2.29. The number of rotatable bonds is 5. The maximum Gasteiger partial charge on any atom is 0.254 e. The van der Waals surface area contributed by atoms with Gasteiger partial charge in [0.2, 0.25) is 12.4 Å². The molecule has 0 unspecified atom stereocenters. The molecule has 1 fully saturated rings. The second kappa shape index (κ2) is 4.86. The molecule has 96 valence electrons. The van der Waals surface area contributed by atoms with Gasteiger partial charge in [0.15, 0.2) is 0 Å². The molecule has 0 aromatic carbocycles. The van der Waals surface area contributed by atoms with E-state index >= 15 is 0 Å². The SMILES string of the molecule is NC(=O)c1cnc(NC2CC(NC=O)C2)nc1N. The number of nitrogen functional groups attached to an aromatic ring is 1. The second-order valence-corrected chi connectivity index (χ2v) is 4.15. The van der Waals surface area contributed by atoms with Crippen molar-refractivity contribution in [1.29, 1.82) is 0 Å². The van der Waals surface area contributed by atoms with Crippen LogP contribution in [0.3, 0.4) is 0 Å². The molecule has 2 amide bonds. The van der Waals surface area contributed by atoms with Gasteiger partial charge < -0.3 is 22.1 Å². The van der Waals surface area contributed by atoms with Crippen LogP contribution in [-0.2, 0) is 4.79 Å². The molecule has 0 saturated heterocycles. The van der Waals surface area contributed by atoms with Crippen LogP contribution in [0.25, 0.3) is 0 Å². The van der Waals surface area contributed by atoms with Crippen LogP contribution in [-0.4, -0.2) is 34.4 Å². The number of nitrogens with one attached hydrogen (secondary N) is 2. The number of nitrogens with two attached hydrogens (primary N) is 2. The fourth-order valence-corrected chi connectivity index (χ4v) is 1.80. The maximum absolute atomic E-state index is 10.9. The first-order chi connectivity index (χ1) is 8.60. The highest BCUT2D eigenvalue weighted by atomic mass is 16.1. The number of carbonyl (C=O) groups is 2. The third-order valence-corrected chi connectivity index (χ3v) is 2.86. The lowest BCUT2D eigenvalue weighted by molar-refractivity contribution is -0.110. The smallest absolute Gasteiger partial charge is 0.254 e. The van der Waals surface area contributed by atoms with Crippen molar-refractivity contribution in [2.45, 2.75) is 24.9 Å². The molecular formula is C10H14N6O2. The minimum atomic E-state index is -0.655. The molecule has 2 rings (SSSR count). The predicted molar refractivity (Wildman–Crippen MR) is 64.6 cm³/mol. The Kier molecular flexibility index (Phi) is 3.26. The van der Waals surface area contributed by atoms with E-state index in [1.54, 1.807) is 0 Å². The number of aromatic nitrogens is 2. The Labute approximate surface area is 103 Å². The van der Waals surface area contributed by atoms with Gasteiger partial charge in [-0.2, -0.15) is 4.98 Å². The Morgan fingerprint density at radius 3 is 2.72 bits per heavy atom. The number of nitrogens with zero attached hydrogens (tertiary/aromatic N) is 2. The van der Waals surface area contributed by atoms with E-state index in [2.05, 4.69) is 20.6 Å². The number of anilines is 2. The predicted octanol–water partition coefficient (Wildman–Crippen LogP) is -1.15. The van der Waals surface area contributed by atoms with Gasteiger partial charge in [-0.3, -0.25) is 9.59 Å². The van der Waals surface area contributed by atoms with Gasteiger partial charge in [-0.1, -0.05) is 0 Å². The zero-order chi connectivity index (χ0) is 13.1. The summed E-state index contributed by atoms with van der Waals surface area (Å²) in [5.74, 6) is -0.244. The Morgan fingerprint density at radius 1 is 1.44 bits per heavy atom. The lowest BCUT2D eigenvalue weighted by Crippen LogP contribution is -2.47. The molecule has 1 aromatic heterocycles. The highest BCUT2D eigenvalue weighted by Crippen LogP contribution is 2.23. The fourth-order valence-electron chi connectivity index (χ4n) is 1.80. The lowest BCUT2D eigenvalue weighted by Gasteiger charge is -2.35. The summed E-state index contributed by atoms with van der Waals surface area (Å²) in [6, 6.07) is 0.392. The first kappa shape index (κ1) is 12.1. The molecule has 1 aliphatic rings. The minimum absolute atomic E-state index is 0.0573. The van der Waals surface area contributed by atoms with Gasteiger partial charge in [0.25, 0.3) is 5.91 Å². The van der Waals surface area contributed by atoms with Crippen LogP contribution in [0.2, 0.25) is 0 Å². The number of hydrogen-bond donors (Lipinski definition) is 4. The van der Waals surface area contributed by atoms with Gasteiger partial charge >= 0.3 is 0 Å². The minimum Gasteiger partial charge on any atom is -0.383 e. The van der Waals surface area contributed by atoms with E-state index in [1.807, 2.05) is 0 Å². The molecule has 1 saturated carbocycles. The Hall–Kier alpha value is -2.38. The van der Waals surface area contributed by atoms with E-state index in [0.29, 0.717) is 12.4 Å². The fraction of sp³-hybridized carbons (Fsp3) is 0.400. The van der Waals surface area contributed by atoms with E-state index in [9.17, 15) is 9.59 Å². The van der Waals surface area contributed by atoms with E-state index in [0.717, 1.165) is 12.8 Å². The first-order valence-corrected chi connectivity index (χ1v) is 5.48. The average Bonchev–Trinajstić information content (AvgIpc) is 2.26. The second-order valence-electron chi connectivity index (χ2n) is 4.15. The molecule has 0 spiro atoms. The van der Waals surface area contributed by atoms with E-state index in [4.69, 9.17) is 11.5 Å². The van der Waals surface area contributed by atoms with E-state index in [1.165, 1.54) is 6.20 Å². The third-order valence-electron chi connectivity index (χ3n) is 2.86. The van der Waals surface area contributed by atoms with Crippen molar-refractivity contribution in [3.63, 3.8) is 0 Å². The Balaban J connectivity index is 1.93. The largest absolute Gasteiger partial charge is 0.383 e. The molecule has 0 radical (unpaired) electrons. The van der Waals surface area contributed by atoms with Crippen LogP contribution < -0.4 is 22.1 Å². The molecule has 18 heavy (non-hydrogen) atoms. The molecule has 6 N–H and O–H groups in total. The van der Waals surface area contributed by atoms with Gasteiger partial charge in [0.1, 0.15) is 5.82 Å². The van der Waals surface area contributed by atoms with Crippen molar-refractivity contribution in [3.05, 3.63) is 11.8 Å². The zero-order valence-electron chi connectivity index (χ0n) is 9.59. The summed E-state index contributed by atoms with van der Waals surface area (Å²) >= 11 is 0. The lowest BCUT2D eigenvalue weighted by atomic mass is 9.87. The summed E-state index contributed by atoms with van der Waals surface area (Å²) in [7, 11) is 0. The zero-order valence-corrected chi connectivity index (χ0v) is 9.59. The van der Waals surface area contributed by atoms with Gasteiger partial charge in [0, 0.05) is 18.3 Å². The van der Waals surface area contributed by atoms with Crippen molar-refractivity contribution in [3.8, 4) is 0 Å². The van der Waals surface area contributed by atoms with Crippen LogP contribution in [0.15, 0.2) is 6.20 Å². The first-order valence-electron chi connectivity index (χ1n) is 5.48. The molecule has 0 atom stereocenters. The summed E-state index contributed by atoms with van der Waals surface area (Å²) in [5.41, 5.74) is 10.8. The Bertz CT molecular complexity index is 471. The normalized spacial score (nSPS) is 21.8. The number of hydrogen-bond acceptors (Lipinski definition) is 6. The van der Waals surface area contributed by atoms with Crippen molar-refractivity contribution >= 4 is 24.1 Å². The number of primary amides is 1. The van der Waals surface area contributed by atoms with Gasteiger partial charge in [-0.15, -0.1) is 0 Å². The summed E-state index contributed by atoms with van der Waals surface area (Å²) < 4.78 is 0. The molecule has 0 bridgehead atoms. The van der Waals surface area contributed by atoms with E-state index in [-0.39, 0.29) is 23.5 Å². The summed E-state index contributed by atoms with van der Waals surface area (Å²) in [6.45, 7) is 0. The van der Waals surface area contributed by atoms with Crippen LogP contribution in [0.5, 0.6) is 0 Å². The van der Waals surface area contributed by atoms with Crippen molar-refractivity contribution in [1.82, 2.24) is 15.3 Å². The number of carbonyl (C=O) groups excluding carboxylic acids is 2. The molecule has 8 heteroatoms. The van der Waals surface area contributed by atoms with Gasteiger partial charge in [0.05, 0.1) is 5.56 Å². The third kappa shape index (κ3) is 2.47. The molecule has 1 aromatic rings. The topological polar surface area (TPSA) is 136 Å². The summed E-state index contributed by atoms with van der Waals surface area (Å²) in [6.07, 6.45) is 3.60. The summed E-state index contributed by atoms with van der Waals surface area (Å²) in [5, 5.41) is 5.75. The average molecular weight is 250 g/mol. The van der Waals surface area contributed by atoms with Crippen LogP contribution in [0, 0.1) is 0 Å². The molecule has 0 aliphatic heterocycles. The van der Waals surface area contributed by atoms with Crippen molar-refractivity contribution in [2.75, 3.05) is 11.1 Å². The van der Waals surface area contributed by atoms with Gasteiger partial charge in [-0.25, -0.2) is 4.98 Å².